The zero-order valence-electron chi connectivity index (χ0n) is 26.6. The minimum atomic E-state index is -1.07. The number of carbonyl (C=O) groups is 5. The van der Waals surface area contributed by atoms with Crippen LogP contribution in [0.15, 0.2) is 36.4 Å². The van der Waals surface area contributed by atoms with Crippen LogP contribution in [0.25, 0.3) is 0 Å². The number of hydrogen-bond acceptors (Lipinski definition) is 9. The summed E-state index contributed by atoms with van der Waals surface area (Å²) >= 11 is 0. The summed E-state index contributed by atoms with van der Waals surface area (Å²) in [6.07, 6.45) is 0. The molecule has 0 aromatic heterocycles. The van der Waals surface area contributed by atoms with E-state index in [4.69, 9.17) is 18.9 Å². The molecular weight excluding hydrogens is 540 g/mol. The second-order valence-electron chi connectivity index (χ2n) is 14.2. The highest BCUT2D eigenvalue weighted by Crippen LogP contribution is 2.50. The largest absolute Gasteiger partial charge is 0.422 e. The first-order valence-electron chi connectivity index (χ1n) is 13.6. The van der Waals surface area contributed by atoms with Crippen LogP contribution < -0.4 is 18.9 Å². The average molecular weight is 583 g/mol. The number of benzene rings is 2. The molecule has 42 heavy (non-hydrogen) atoms. The van der Waals surface area contributed by atoms with Gasteiger partial charge in [-0.3, -0.25) is 24.0 Å². The molecule has 228 valence electrons. The molecule has 9 heteroatoms. The molecule has 0 atom stereocenters. The van der Waals surface area contributed by atoms with Gasteiger partial charge >= 0.3 is 23.9 Å². The Balaban J connectivity index is 3.10. The molecule has 2 rings (SSSR count). The number of esters is 4. The molecule has 0 unspecified atom stereocenters. The molecule has 0 radical (unpaired) electrons. The van der Waals surface area contributed by atoms with Crippen LogP contribution in [0.1, 0.15) is 99.0 Å². The van der Waals surface area contributed by atoms with Crippen LogP contribution in [-0.4, -0.2) is 29.7 Å². The van der Waals surface area contributed by atoms with Gasteiger partial charge in [-0.1, -0.05) is 30.3 Å². The van der Waals surface area contributed by atoms with Gasteiger partial charge in [-0.2, -0.15) is 0 Å². The van der Waals surface area contributed by atoms with Crippen molar-refractivity contribution in [2.24, 2.45) is 21.7 Å². The molecule has 9 nitrogen and oxygen atoms in total. The van der Waals surface area contributed by atoms with Gasteiger partial charge in [-0.25, -0.2) is 0 Å². The number of carbonyl (C=O) groups excluding carboxylic acids is 5. The lowest BCUT2D eigenvalue weighted by Crippen LogP contribution is -2.31. The summed E-state index contributed by atoms with van der Waals surface area (Å²) in [5, 5.41) is 0. The van der Waals surface area contributed by atoms with E-state index in [1.165, 1.54) is 0 Å². The fourth-order valence-corrected chi connectivity index (χ4v) is 2.87. The Morgan fingerprint density at radius 3 is 1.24 bits per heavy atom. The molecule has 2 aromatic carbocycles. The maximum Gasteiger partial charge on any atom is 0.316 e. The van der Waals surface area contributed by atoms with Crippen molar-refractivity contribution >= 4 is 29.7 Å². The highest BCUT2D eigenvalue weighted by atomic mass is 16.6. The van der Waals surface area contributed by atoms with Crippen LogP contribution in [0.5, 0.6) is 23.0 Å². The van der Waals surface area contributed by atoms with Gasteiger partial charge in [0.05, 0.1) is 27.2 Å². The van der Waals surface area contributed by atoms with Gasteiger partial charge in [0.25, 0.3) is 0 Å². The minimum Gasteiger partial charge on any atom is -0.422 e. The quantitative estimate of drug-likeness (QED) is 0.207. The van der Waals surface area contributed by atoms with E-state index >= 15 is 0 Å². The number of ether oxygens (including phenoxy) is 4. The summed E-state index contributed by atoms with van der Waals surface area (Å²) in [6, 6.07) is 9.27. The first-order chi connectivity index (χ1) is 18.9. The van der Waals surface area contributed by atoms with E-state index in [2.05, 4.69) is 0 Å². The van der Waals surface area contributed by atoms with E-state index in [1.807, 2.05) is 0 Å². The van der Waals surface area contributed by atoms with Crippen molar-refractivity contribution in [2.75, 3.05) is 0 Å². The van der Waals surface area contributed by atoms with Crippen molar-refractivity contribution in [3.05, 3.63) is 47.5 Å². The average Bonchev–Trinajstić information content (AvgIpc) is 2.84. The molecule has 0 aliphatic carbocycles. The van der Waals surface area contributed by atoms with Gasteiger partial charge in [0.1, 0.15) is 0 Å². The molecule has 0 spiro atoms. The summed E-state index contributed by atoms with van der Waals surface area (Å²) < 4.78 is 22.9. The van der Waals surface area contributed by atoms with Crippen LogP contribution in [0.3, 0.4) is 0 Å². The first kappa shape index (κ1) is 34.2. The van der Waals surface area contributed by atoms with E-state index in [0.29, 0.717) is 0 Å². The summed E-state index contributed by atoms with van der Waals surface area (Å²) in [4.78, 5) is 66.6. The SMILES string of the molecule is CC(C)(C)C(=O)Oc1cc(C(=O)c2ccccc2)c(OC(=O)C(C)(C)C)c(OC(=O)C(C)(C)C)c1OC(=O)C(C)(C)C. The fourth-order valence-electron chi connectivity index (χ4n) is 2.87. The van der Waals surface area contributed by atoms with Crippen LogP contribution in [0, 0.1) is 21.7 Å². The highest BCUT2D eigenvalue weighted by Gasteiger charge is 2.38. The van der Waals surface area contributed by atoms with Gasteiger partial charge in [-0.05, 0) is 83.1 Å². The standard InChI is InChI=1S/C33H42O9/c1-30(2,3)26(35)39-21-18-20(22(34)19-16-14-13-15-17-19)23(40-27(36)31(4,5)6)25(42-29(38)33(10,11)12)24(21)41-28(37)32(7,8)9/h13-18H,1-12H3. The predicted molar refractivity (Wildman–Crippen MR) is 157 cm³/mol. The molecule has 0 amide bonds. The Labute approximate surface area is 247 Å². The predicted octanol–water partition coefficient (Wildman–Crippen LogP) is 6.72. The number of hydrogen-bond donors (Lipinski definition) is 0. The van der Waals surface area contributed by atoms with Crippen LogP contribution in [0.2, 0.25) is 0 Å². The molecule has 0 saturated carbocycles. The lowest BCUT2D eigenvalue weighted by Gasteiger charge is -2.26. The minimum absolute atomic E-state index is 0.214. The summed E-state index contributed by atoms with van der Waals surface area (Å²) in [6.45, 7) is 19.3. The molecule has 0 aliphatic heterocycles. The third-order valence-electron chi connectivity index (χ3n) is 5.67. The van der Waals surface area contributed by atoms with E-state index in [0.717, 1.165) is 6.07 Å². The van der Waals surface area contributed by atoms with Crippen LogP contribution >= 0.6 is 0 Å². The van der Waals surface area contributed by atoms with E-state index in [9.17, 15) is 24.0 Å². The van der Waals surface area contributed by atoms with E-state index < -0.39 is 68.6 Å². The molecule has 0 aliphatic rings. The Bertz CT molecular complexity index is 1370. The van der Waals surface area contributed by atoms with Gasteiger partial charge in [-0.15, -0.1) is 0 Å². The van der Waals surface area contributed by atoms with Gasteiger partial charge in [0, 0.05) is 11.6 Å². The Morgan fingerprint density at radius 1 is 0.476 bits per heavy atom. The number of rotatable bonds is 6. The molecular formula is C33H42O9. The fraction of sp³-hybridized carbons (Fsp3) is 0.485. The monoisotopic (exact) mass is 582 g/mol. The number of ketones is 1. The van der Waals surface area contributed by atoms with Crippen molar-refractivity contribution in [1.82, 2.24) is 0 Å². The summed E-state index contributed by atoms with van der Waals surface area (Å²) in [5.74, 6) is -5.49. The summed E-state index contributed by atoms with van der Waals surface area (Å²) in [7, 11) is 0. The molecule has 0 saturated heterocycles. The van der Waals surface area contributed by atoms with Crippen molar-refractivity contribution in [3.63, 3.8) is 0 Å². The Hall–Kier alpha value is -4.01. The third kappa shape index (κ3) is 8.50. The van der Waals surface area contributed by atoms with Crippen LogP contribution in [-0.2, 0) is 19.2 Å². The molecule has 2 aromatic rings. The third-order valence-corrected chi connectivity index (χ3v) is 5.67. The van der Waals surface area contributed by atoms with Crippen LogP contribution in [0.4, 0.5) is 0 Å². The zero-order valence-corrected chi connectivity index (χ0v) is 26.6. The Kier molecular flexibility index (Phi) is 9.83. The second-order valence-corrected chi connectivity index (χ2v) is 14.2. The molecule has 0 heterocycles. The van der Waals surface area contributed by atoms with Crippen molar-refractivity contribution in [1.29, 1.82) is 0 Å². The second kappa shape index (κ2) is 12.1. The van der Waals surface area contributed by atoms with Crippen molar-refractivity contribution < 1.29 is 42.9 Å². The van der Waals surface area contributed by atoms with E-state index in [-0.39, 0.29) is 16.9 Å². The summed E-state index contributed by atoms with van der Waals surface area (Å²) in [5.41, 5.74) is -4.20. The normalized spacial score (nSPS) is 12.3. The first-order valence-corrected chi connectivity index (χ1v) is 13.6. The topological polar surface area (TPSA) is 122 Å². The lowest BCUT2D eigenvalue weighted by molar-refractivity contribution is -0.147. The molecule has 0 fully saturated rings. The smallest absolute Gasteiger partial charge is 0.316 e. The molecule has 0 bridgehead atoms. The van der Waals surface area contributed by atoms with E-state index in [1.54, 1.807) is 113 Å². The van der Waals surface area contributed by atoms with Gasteiger partial charge in [0.15, 0.2) is 17.3 Å². The van der Waals surface area contributed by atoms with Gasteiger partial charge < -0.3 is 18.9 Å². The van der Waals surface area contributed by atoms with Crippen molar-refractivity contribution in [3.8, 4) is 23.0 Å². The zero-order chi connectivity index (χ0) is 32.4. The highest BCUT2D eigenvalue weighted by molar-refractivity contribution is 6.12. The Morgan fingerprint density at radius 2 is 0.833 bits per heavy atom. The maximum absolute atomic E-state index is 13.9. The van der Waals surface area contributed by atoms with Gasteiger partial charge in [0.2, 0.25) is 11.5 Å². The molecule has 0 N–H and O–H groups in total. The maximum atomic E-state index is 13.9. The lowest BCUT2D eigenvalue weighted by atomic mass is 9.95. The van der Waals surface area contributed by atoms with Crippen molar-refractivity contribution in [2.45, 2.75) is 83.1 Å².